The number of hydrogen-bond acceptors (Lipinski definition) is 2. The van der Waals surface area contributed by atoms with Crippen LogP contribution in [0, 0.1) is 13.8 Å². The molecule has 2 heteroatoms. The highest BCUT2D eigenvalue weighted by Crippen LogP contribution is 2.18. The Bertz CT molecular complexity index is 271. The van der Waals surface area contributed by atoms with Crippen molar-refractivity contribution in [2.45, 2.75) is 20.3 Å². The first-order valence-electron chi connectivity index (χ1n) is 4.64. The predicted molar refractivity (Wildman–Crippen MR) is 55.1 cm³/mol. The van der Waals surface area contributed by atoms with Crippen molar-refractivity contribution in [1.82, 2.24) is 0 Å². The summed E-state index contributed by atoms with van der Waals surface area (Å²) >= 11 is 0. The number of hydrogen-bond donors (Lipinski definition) is 1. The molecule has 72 valence electrons. The molecule has 0 saturated carbocycles. The predicted octanol–water partition coefficient (Wildman–Crippen LogP) is 2.03. The zero-order valence-corrected chi connectivity index (χ0v) is 8.34. The third kappa shape index (κ3) is 3.07. The normalized spacial score (nSPS) is 10.1. The van der Waals surface area contributed by atoms with Gasteiger partial charge in [0.05, 0.1) is 6.61 Å². The fraction of sp³-hybridized carbons (Fsp3) is 0.455. The highest BCUT2D eigenvalue weighted by atomic mass is 16.5. The van der Waals surface area contributed by atoms with E-state index in [-0.39, 0.29) is 0 Å². The zero-order valence-electron chi connectivity index (χ0n) is 8.34. The van der Waals surface area contributed by atoms with E-state index in [1.54, 1.807) is 0 Å². The van der Waals surface area contributed by atoms with Crippen LogP contribution in [-0.2, 0) is 0 Å². The van der Waals surface area contributed by atoms with Gasteiger partial charge in [0, 0.05) is 0 Å². The van der Waals surface area contributed by atoms with Crippen LogP contribution in [0.5, 0.6) is 5.75 Å². The van der Waals surface area contributed by atoms with Crippen molar-refractivity contribution in [3.05, 3.63) is 29.3 Å². The first kappa shape index (κ1) is 10.1. The van der Waals surface area contributed by atoms with Gasteiger partial charge >= 0.3 is 0 Å². The Hall–Kier alpha value is -1.02. The van der Waals surface area contributed by atoms with Gasteiger partial charge in [0.25, 0.3) is 0 Å². The average molecular weight is 179 g/mol. The third-order valence-electron chi connectivity index (χ3n) is 1.95. The first-order valence-corrected chi connectivity index (χ1v) is 4.64. The van der Waals surface area contributed by atoms with Crippen LogP contribution in [-0.4, -0.2) is 13.2 Å². The van der Waals surface area contributed by atoms with Gasteiger partial charge in [-0.05, 0) is 44.0 Å². The lowest BCUT2D eigenvalue weighted by Crippen LogP contribution is -2.06. The second-order valence-electron chi connectivity index (χ2n) is 3.26. The SMILES string of the molecule is Cc1ccc(C)c(OCCCN)c1. The van der Waals surface area contributed by atoms with Crippen molar-refractivity contribution in [1.29, 1.82) is 0 Å². The standard InChI is InChI=1S/C11H17NO/c1-9-4-5-10(2)11(8-9)13-7-3-6-12/h4-5,8H,3,6-7,12H2,1-2H3. The smallest absolute Gasteiger partial charge is 0.122 e. The Morgan fingerprint density at radius 3 is 2.77 bits per heavy atom. The Balaban J connectivity index is 2.59. The van der Waals surface area contributed by atoms with E-state index in [1.807, 2.05) is 0 Å². The molecule has 2 nitrogen and oxygen atoms in total. The minimum absolute atomic E-state index is 0.685. The van der Waals surface area contributed by atoms with Gasteiger partial charge in [-0.2, -0.15) is 0 Å². The van der Waals surface area contributed by atoms with Crippen molar-refractivity contribution in [2.24, 2.45) is 5.73 Å². The van der Waals surface area contributed by atoms with Crippen LogP contribution < -0.4 is 10.5 Å². The number of ether oxygens (including phenoxy) is 1. The van der Waals surface area contributed by atoms with Crippen LogP contribution in [0.4, 0.5) is 0 Å². The Morgan fingerprint density at radius 2 is 2.08 bits per heavy atom. The summed E-state index contributed by atoms with van der Waals surface area (Å²) in [7, 11) is 0. The molecule has 0 saturated heterocycles. The molecular weight excluding hydrogens is 162 g/mol. The lowest BCUT2D eigenvalue weighted by atomic mass is 10.1. The molecule has 1 aromatic rings. The molecule has 13 heavy (non-hydrogen) atoms. The average Bonchev–Trinajstić information content (AvgIpc) is 2.11. The van der Waals surface area contributed by atoms with Crippen LogP contribution in [0.15, 0.2) is 18.2 Å². The minimum Gasteiger partial charge on any atom is -0.493 e. The van der Waals surface area contributed by atoms with Crippen molar-refractivity contribution in [2.75, 3.05) is 13.2 Å². The molecule has 2 N–H and O–H groups in total. The fourth-order valence-corrected chi connectivity index (χ4v) is 1.13. The van der Waals surface area contributed by atoms with E-state index in [9.17, 15) is 0 Å². The van der Waals surface area contributed by atoms with Crippen molar-refractivity contribution < 1.29 is 4.74 Å². The molecular formula is C11H17NO. The highest BCUT2D eigenvalue weighted by molar-refractivity contribution is 5.35. The maximum atomic E-state index is 5.58. The molecule has 0 bridgehead atoms. The number of aryl methyl sites for hydroxylation is 2. The summed E-state index contributed by atoms with van der Waals surface area (Å²) in [6.07, 6.45) is 0.910. The lowest BCUT2D eigenvalue weighted by Gasteiger charge is -2.08. The molecule has 0 aliphatic rings. The van der Waals surface area contributed by atoms with Crippen molar-refractivity contribution >= 4 is 0 Å². The van der Waals surface area contributed by atoms with Gasteiger partial charge in [-0.1, -0.05) is 12.1 Å². The topological polar surface area (TPSA) is 35.2 Å². The molecule has 0 aliphatic carbocycles. The van der Waals surface area contributed by atoms with Crippen LogP contribution in [0.3, 0.4) is 0 Å². The molecule has 1 rings (SSSR count). The number of benzene rings is 1. The molecule has 0 unspecified atom stereocenters. The van der Waals surface area contributed by atoms with E-state index in [1.165, 1.54) is 11.1 Å². The molecule has 0 aromatic heterocycles. The van der Waals surface area contributed by atoms with Crippen molar-refractivity contribution in [3.63, 3.8) is 0 Å². The lowest BCUT2D eigenvalue weighted by molar-refractivity contribution is 0.311. The maximum Gasteiger partial charge on any atom is 0.122 e. The summed E-state index contributed by atoms with van der Waals surface area (Å²) in [5.41, 5.74) is 7.79. The van der Waals surface area contributed by atoms with Gasteiger partial charge in [0.1, 0.15) is 5.75 Å². The zero-order chi connectivity index (χ0) is 9.68. The maximum absolute atomic E-state index is 5.58. The summed E-state index contributed by atoms with van der Waals surface area (Å²) in [6.45, 7) is 5.51. The molecule has 1 aromatic carbocycles. The Morgan fingerprint density at radius 1 is 1.31 bits per heavy atom. The van der Waals surface area contributed by atoms with Crippen LogP contribution in [0.1, 0.15) is 17.5 Å². The van der Waals surface area contributed by atoms with Gasteiger partial charge in [-0.3, -0.25) is 0 Å². The van der Waals surface area contributed by atoms with E-state index in [2.05, 4.69) is 32.0 Å². The molecule has 0 heterocycles. The number of rotatable bonds is 4. The summed E-state index contributed by atoms with van der Waals surface area (Å²) in [5, 5.41) is 0. The first-order chi connectivity index (χ1) is 6.24. The summed E-state index contributed by atoms with van der Waals surface area (Å²) < 4.78 is 5.58. The highest BCUT2D eigenvalue weighted by Gasteiger charge is 1.98. The molecule has 0 spiro atoms. The van der Waals surface area contributed by atoms with E-state index in [4.69, 9.17) is 10.5 Å². The van der Waals surface area contributed by atoms with Crippen LogP contribution in [0.25, 0.3) is 0 Å². The summed E-state index contributed by atoms with van der Waals surface area (Å²) in [5.74, 6) is 0.980. The van der Waals surface area contributed by atoms with Crippen LogP contribution in [0.2, 0.25) is 0 Å². The fourth-order valence-electron chi connectivity index (χ4n) is 1.13. The Kier molecular flexibility index (Phi) is 3.77. The summed E-state index contributed by atoms with van der Waals surface area (Å²) in [6, 6.07) is 6.23. The van der Waals surface area contributed by atoms with E-state index >= 15 is 0 Å². The second-order valence-corrected chi connectivity index (χ2v) is 3.26. The largest absolute Gasteiger partial charge is 0.493 e. The second kappa shape index (κ2) is 4.87. The van der Waals surface area contributed by atoms with Gasteiger partial charge in [-0.15, -0.1) is 0 Å². The molecule has 0 radical (unpaired) electrons. The monoisotopic (exact) mass is 179 g/mol. The molecule has 0 atom stereocenters. The summed E-state index contributed by atoms with van der Waals surface area (Å²) in [4.78, 5) is 0. The van der Waals surface area contributed by atoms with Gasteiger partial charge < -0.3 is 10.5 Å². The van der Waals surface area contributed by atoms with Gasteiger partial charge in [0.15, 0.2) is 0 Å². The minimum atomic E-state index is 0.685. The van der Waals surface area contributed by atoms with E-state index in [0.717, 1.165) is 12.2 Å². The van der Waals surface area contributed by atoms with E-state index in [0.29, 0.717) is 13.2 Å². The third-order valence-corrected chi connectivity index (χ3v) is 1.95. The van der Waals surface area contributed by atoms with Crippen molar-refractivity contribution in [3.8, 4) is 5.75 Å². The Labute approximate surface area is 79.7 Å². The molecule has 0 amide bonds. The van der Waals surface area contributed by atoms with Crippen LogP contribution >= 0.6 is 0 Å². The molecule has 0 aliphatic heterocycles. The quantitative estimate of drug-likeness (QED) is 0.718. The van der Waals surface area contributed by atoms with Gasteiger partial charge in [-0.25, -0.2) is 0 Å². The number of nitrogens with two attached hydrogens (primary N) is 1. The van der Waals surface area contributed by atoms with Gasteiger partial charge in [0.2, 0.25) is 0 Å². The van der Waals surface area contributed by atoms with E-state index < -0.39 is 0 Å². The molecule has 0 fully saturated rings.